The van der Waals surface area contributed by atoms with E-state index >= 15 is 0 Å². The summed E-state index contributed by atoms with van der Waals surface area (Å²) in [5, 5.41) is 13.9. The third kappa shape index (κ3) is 3.23. The summed E-state index contributed by atoms with van der Waals surface area (Å²) >= 11 is 0. The van der Waals surface area contributed by atoms with Gasteiger partial charge in [0.05, 0.1) is 16.6 Å². The highest BCUT2D eigenvalue weighted by Gasteiger charge is 2.32. The number of rotatable bonds is 5. The van der Waals surface area contributed by atoms with Crippen LogP contribution in [0.15, 0.2) is 18.2 Å². The van der Waals surface area contributed by atoms with Crippen molar-refractivity contribution in [2.45, 2.75) is 18.4 Å². The first-order valence-corrected chi connectivity index (χ1v) is 6.37. The average molecular weight is 284 g/mol. The molecule has 0 saturated carbocycles. The molecule has 0 aromatic heterocycles. The lowest BCUT2D eigenvalue weighted by molar-refractivity contribution is -0.384. The normalized spacial score (nSPS) is 17.7. The van der Waals surface area contributed by atoms with E-state index in [-0.39, 0.29) is 5.69 Å². The van der Waals surface area contributed by atoms with Gasteiger partial charge in [0.15, 0.2) is 0 Å². The van der Waals surface area contributed by atoms with Crippen LogP contribution in [0.3, 0.4) is 0 Å². The number of anilines is 1. The van der Waals surface area contributed by atoms with Gasteiger partial charge in [-0.05, 0) is 12.1 Å². The number of nitrogens with one attached hydrogen (secondary N) is 1. The lowest BCUT2D eigenvalue weighted by Gasteiger charge is -2.36. The lowest BCUT2D eigenvalue weighted by atomic mass is 9.94. The molecule has 0 unspecified atom stereocenters. The summed E-state index contributed by atoms with van der Waals surface area (Å²) in [5.41, 5.74) is -0.386. The van der Waals surface area contributed by atoms with E-state index in [0.29, 0.717) is 38.3 Å². The average Bonchev–Trinajstić information content (AvgIpc) is 2.47. The van der Waals surface area contributed by atoms with Crippen molar-refractivity contribution in [1.29, 1.82) is 0 Å². The predicted octanol–water partition coefficient (Wildman–Crippen LogP) is 2.34. The zero-order valence-electron chi connectivity index (χ0n) is 11.2. The van der Waals surface area contributed by atoms with E-state index in [1.54, 1.807) is 7.11 Å². The number of nitro benzene ring substituents is 1. The van der Waals surface area contributed by atoms with Crippen LogP contribution in [0.4, 0.5) is 15.8 Å². The van der Waals surface area contributed by atoms with Crippen molar-refractivity contribution in [3.8, 4) is 0 Å². The Labute approximate surface area is 116 Å². The van der Waals surface area contributed by atoms with Gasteiger partial charge in [-0.15, -0.1) is 0 Å². The molecule has 1 N–H and O–H groups in total. The van der Waals surface area contributed by atoms with Gasteiger partial charge in [0.1, 0.15) is 11.5 Å². The zero-order chi connectivity index (χ0) is 14.6. The van der Waals surface area contributed by atoms with Crippen LogP contribution < -0.4 is 5.32 Å². The van der Waals surface area contributed by atoms with Crippen molar-refractivity contribution in [2.24, 2.45) is 0 Å². The SMILES string of the molecule is COC1(CNc2ccc(F)cc2[N+](=O)[O-])CCOCC1. The van der Waals surface area contributed by atoms with Crippen LogP contribution in [0.5, 0.6) is 0 Å². The van der Waals surface area contributed by atoms with Crippen molar-refractivity contribution in [3.63, 3.8) is 0 Å². The Bertz CT molecular complexity index is 489. The molecule has 1 heterocycles. The molecule has 0 aliphatic carbocycles. The standard InChI is InChI=1S/C13H17FN2O4/c1-19-13(4-6-20-7-5-13)9-15-11-3-2-10(14)8-12(11)16(17)18/h2-3,8,15H,4-7,9H2,1H3. The third-order valence-electron chi connectivity index (χ3n) is 3.59. The maximum absolute atomic E-state index is 13.1. The Kier molecular flexibility index (Phi) is 4.51. The van der Waals surface area contributed by atoms with Gasteiger partial charge in [-0.2, -0.15) is 0 Å². The summed E-state index contributed by atoms with van der Waals surface area (Å²) in [6.45, 7) is 1.61. The predicted molar refractivity (Wildman–Crippen MR) is 71.3 cm³/mol. The second-order valence-electron chi connectivity index (χ2n) is 4.77. The first-order valence-electron chi connectivity index (χ1n) is 6.37. The number of nitro groups is 1. The highest BCUT2D eigenvalue weighted by atomic mass is 19.1. The molecule has 1 aromatic rings. The first-order chi connectivity index (χ1) is 9.56. The summed E-state index contributed by atoms with van der Waals surface area (Å²) < 4.78 is 23.9. The van der Waals surface area contributed by atoms with Crippen LogP contribution >= 0.6 is 0 Å². The van der Waals surface area contributed by atoms with Gasteiger partial charge >= 0.3 is 0 Å². The Morgan fingerprint density at radius 1 is 1.50 bits per heavy atom. The molecule has 0 spiro atoms. The van der Waals surface area contributed by atoms with Crippen molar-refractivity contribution in [1.82, 2.24) is 0 Å². The fourth-order valence-corrected chi connectivity index (χ4v) is 2.26. The maximum atomic E-state index is 13.1. The Hall–Kier alpha value is -1.73. The van der Waals surface area contributed by atoms with Crippen LogP contribution in [0.25, 0.3) is 0 Å². The molecule has 0 radical (unpaired) electrons. The minimum atomic E-state index is -0.630. The Morgan fingerprint density at radius 3 is 2.80 bits per heavy atom. The molecular formula is C13H17FN2O4. The third-order valence-corrected chi connectivity index (χ3v) is 3.59. The van der Waals surface area contributed by atoms with Gasteiger partial charge in [0.2, 0.25) is 0 Å². The molecule has 0 amide bonds. The lowest BCUT2D eigenvalue weighted by Crippen LogP contribution is -2.44. The van der Waals surface area contributed by atoms with Crippen LogP contribution in [-0.2, 0) is 9.47 Å². The summed E-state index contributed by atoms with van der Waals surface area (Å²) in [7, 11) is 1.62. The van der Waals surface area contributed by atoms with Gasteiger partial charge in [-0.1, -0.05) is 0 Å². The molecule has 1 fully saturated rings. The molecule has 0 bridgehead atoms. The number of nitrogens with zero attached hydrogens (tertiary/aromatic N) is 1. The number of ether oxygens (including phenoxy) is 2. The first kappa shape index (κ1) is 14.7. The second-order valence-corrected chi connectivity index (χ2v) is 4.77. The zero-order valence-corrected chi connectivity index (χ0v) is 11.2. The van der Waals surface area contributed by atoms with E-state index < -0.39 is 16.3 Å². The number of halogens is 1. The molecule has 1 aliphatic rings. The van der Waals surface area contributed by atoms with E-state index in [1.165, 1.54) is 12.1 Å². The largest absolute Gasteiger partial charge is 0.381 e. The van der Waals surface area contributed by atoms with Gasteiger partial charge in [-0.3, -0.25) is 10.1 Å². The van der Waals surface area contributed by atoms with Crippen molar-refractivity contribution in [3.05, 3.63) is 34.1 Å². The van der Waals surface area contributed by atoms with E-state index in [2.05, 4.69) is 5.32 Å². The highest BCUT2D eigenvalue weighted by molar-refractivity contribution is 5.61. The molecular weight excluding hydrogens is 267 g/mol. The minimum absolute atomic E-state index is 0.275. The summed E-state index contributed by atoms with van der Waals surface area (Å²) in [6, 6.07) is 3.47. The van der Waals surface area contributed by atoms with Crippen LogP contribution in [-0.4, -0.2) is 37.4 Å². The maximum Gasteiger partial charge on any atom is 0.295 e. The van der Waals surface area contributed by atoms with Crippen LogP contribution in [0, 0.1) is 15.9 Å². The Morgan fingerprint density at radius 2 is 2.20 bits per heavy atom. The van der Waals surface area contributed by atoms with Gasteiger partial charge < -0.3 is 14.8 Å². The molecule has 110 valence electrons. The fraction of sp³-hybridized carbons (Fsp3) is 0.538. The van der Waals surface area contributed by atoms with Gasteiger partial charge in [0.25, 0.3) is 5.69 Å². The van der Waals surface area contributed by atoms with E-state index in [1.807, 2.05) is 0 Å². The Balaban J connectivity index is 2.11. The molecule has 20 heavy (non-hydrogen) atoms. The summed E-state index contributed by atoms with van der Waals surface area (Å²) in [4.78, 5) is 10.3. The molecule has 0 atom stereocenters. The molecule has 1 saturated heterocycles. The highest BCUT2D eigenvalue weighted by Crippen LogP contribution is 2.29. The fourth-order valence-electron chi connectivity index (χ4n) is 2.26. The molecule has 1 aromatic carbocycles. The smallest absolute Gasteiger partial charge is 0.295 e. The van der Waals surface area contributed by atoms with Crippen molar-refractivity contribution in [2.75, 3.05) is 32.2 Å². The summed E-state index contributed by atoms with van der Waals surface area (Å²) in [5.74, 6) is -0.630. The van der Waals surface area contributed by atoms with E-state index in [0.717, 1.165) is 6.07 Å². The molecule has 7 heteroatoms. The number of hydrogen-bond donors (Lipinski definition) is 1. The molecule has 1 aliphatic heterocycles. The second kappa shape index (κ2) is 6.15. The number of hydrogen-bond acceptors (Lipinski definition) is 5. The van der Waals surface area contributed by atoms with E-state index in [4.69, 9.17) is 9.47 Å². The van der Waals surface area contributed by atoms with Crippen LogP contribution in [0.2, 0.25) is 0 Å². The summed E-state index contributed by atoms with van der Waals surface area (Å²) in [6.07, 6.45) is 1.43. The number of benzene rings is 1. The van der Waals surface area contributed by atoms with Crippen molar-refractivity contribution < 1.29 is 18.8 Å². The van der Waals surface area contributed by atoms with Gasteiger partial charge in [0, 0.05) is 39.7 Å². The van der Waals surface area contributed by atoms with E-state index in [9.17, 15) is 14.5 Å². The number of methoxy groups -OCH3 is 1. The molecule has 2 rings (SSSR count). The topological polar surface area (TPSA) is 73.6 Å². The van der Waals surface area contributed by atoms with Crippen LogP contribution in [0.1, 0.15) is 12.8 Å². The monoisotopic (exact) mass is 284 g/mol. The van der Waals surface area contributed by atoms with Crippen molar-refractivity contribution >= 4 is 11.4 Å². The minimum Gasteiger partial charge on any atom is -0.381 e. The quantitative estimate of drug-likeness (QED) is 0.663. The molecule has 6 nitrogen and oxygen atoms in total. The van der Waals surface area contributed by atoms with Gasteiger partial charge in [-0.25, -0.2) is 4.39 Å².